The summed E-state index contributed by atoms with van der Waals surface area (Å²) in [5, 5.41) is 19.9. The predicted molar refractivity (Wildman–Crippen MR) is 121 cm³/mol. The Morgan fingerprint density at radius 3 is 2.14 bits per heavy atom. The number of benzene rings is 2. The minimum Gasteiger partial charge on any atom is -0.393 e. The summed E-state index contributed by atoms with van der Waals surface area (Å²) < 4.78 is 0. The minimum absolute atomic E-state index is 0.0929. The summed E-state index contributed by atoms with van der Waals surface area (Å²) in [7, 11) is 0. The van der Waals surface area contributed by atoms with Gasteiger partial charge in [0.05, 0.1) is 11.8 Å². The van der Waals surface area contributed by atoms with Gasteiger partial charge in [0.25, 0.3) is 0 Å². The molecule has 3 rings (SSSR count). The van der Waals surface area contributed by atoms with Gasteiger partial charge in [0.15, 0.2) is 0 Å². The summed E-state index contributed by atoms with van der Waals surface area (Å²) in [5.74, 6) is 0.0929. The molecule has 1 heterocycles. The van der Waals surface area contributed by atoms with Crippen molar-refractivity contribution in [3.63, 3.8) is 0 Å². The molecule has 0 saturated carbocycles. The molecule has 3 aromatic rings. The Labute approximate surface area is 175 Å². The minimum atomic E-state index is -0.401. The van der Waals surface area contributed by atoms with Gasteiger partial charge in [0.1, 0.15) is 11.0 Å². The van der Waals surface area contributed by atoms with Gasteiger partial charge < -0.3 is 5.11 Å². The third-order valence-electron chi connectivity index (χ3n) is 5.79. The number of aliphatic hydroxyl groups excluding tert-OH is 1. The molecular weight excluding hydrogens is 358 g/mol. The smallest absolute Gasteiger partial charge is 0.113 e. The van der Waals surface area contributed by atoms with Gasteiger partial charge in [0.2, 0.25) is 0 Å². The second-order valence-electron chi connectivity index (χ2n) is 8.30. The van der Waals surface area contributed by atoms with Gasteiger partial charge in [0, 0.05) is 5.92 Å². The summed E-state index contributed by atoms with van der Waals surface area (Å²) >= 11 is 0. The number of aromatic nitrogens is 3. The number of hydrogen-bond acceptors (Lipinski definition) is 3. The Morgan fingerprint density at radius 2 is 1.52 bits per heavy atom. The average molecular weight is 394 g/mol. The van der Waals surface area contributed by atoms with Gasteiger partial charge in [-0.3, -0.25) is 0 Å². The number of aliphatic hydroxyl groups is 1. The number of aryl methyl sites for hydroxylation is 1. The normalized spacial score (nSPS) is 13.7. The molecule has 0 radical (unpaired) electrons. The molecular formula is C25H35N3O. The van der Waals surface area contributed by atoms with Crippen molar-refractivity contribution < 1.29 is 5.11 Å². The molecule has 0 amide bonds. The molecule has 0 fully saturated rings. The van der Waals surface area contributed by atoms with Gasteiger partial charge in [-0.2, -0.15) is 4.80 Å². The highest BCUT2D eigenvalue weighted by molar-refractivity contribution is 5.73. The average Bonchev–Trinajstić information content (AvgIpc) is 3.14. The molecule has 1 aromatic heterocycles. The van der Waals surface area contributed by atoms with Crippen molar-refractivity contribution in [1.82, 2.24) is 15.0 Å². The molecule has 1 N–H and O–H groups in total. The molecule has 2 aromatic carbocycles. The van der Waals surface area contributed by atoms with E-state index in [4.69, 9.17) is 0 Å². The van der Waals surface area contributed by atoms with Crippen molar-refractivity contribution >= 4 is 11.0 Å². The summed E-state index contributed by atoms with van der Waals surface area (Å²) in [4.78, 5) is 1.74. The molecule has 2 unspecified atom stereocenters. The van der Waals surface area contributed by atoms with Gasteiger partial charge in [-0.05, 0) is 49.6 Å². The topological polar surface area (TPSA) is 50.9 Å². The largest absolute Gasteiger partial charge is 0.393 e. The highest BCUT2D eigenvalue weighted by atomic mass is 16.3. The van der Waals surface area contributed by atoms with E-state index in [0.29, 0.717) is 0 Å². The summed E-state index contributed by atoms with van der Waals surface area (Å²) in [6.07, 6.45) is 9.55. The van der Waals surface area contributed by atoms with Crippen molar-refractivity contribution in [3.8, 4) is 5.69 Å². The lowest BCUT2D eigenvalue weighted by Crippen LogP contribution is -2.18. The molecule has 0 aliphatic heterocycles. The Balaban J connectivity index is 1.78. The Kier molecular flexibility index (Phi) is 7.82. The van der Waals surface area contributed by atoms with Crippen LogP contribution in [0.15, 0.2) is 42.5 Å². The first-order chi connectivity index (χ1) is 14.1. The highest BCUT2D eigenvalue weighted by Gasteiger charge is 2.22. The zero-order chi connectivity index (χ0) is 20.6. The number of rotatable bonds is 11. The molecule has 29 heavy (non-hydrogen) atoms. The van der Waals surface area contributed by atoms with Crippen LogP contribution in [0.1, 0.15) is 82.3 Å². The number of unbranched alkanes of at least 4 members (excludes halogenated alkanes) is 6. The summed E-state index contributed by atoms with van der Waals surface area (Å²) in [5.41, 5.74) is 5.07. The van der Waals surface area contributed by atoms with Crippen LogP contribution in [0.3, 0.4) is 0 Å². The maximum atomic E-state index is 10.6. The zero-order valence-electron chi connectivity index (χ0n) is 18.1. The van der Waals surface area contributed by atoms with Gasteiger partial charge in [-0.15, -0.1) is 10.2 Å². The van der Waals surface area contributed by atoms with Crippen molar-refractivity contribution in [2.75, 3.05) is 0 Å². The predicted octanol–water partition coefficient (Wildman–Crippen LogP) is 6.33. The molecule has 0 bridgehead atoms. The third-order valence-corrected chi connectivity index (χ3v) is 5.79. The van der Waals surface area contributed by atoms with Crippen molar-refractivity contribution in [1.29, 1.82) is 0 Å². The monoisotopic (exact) mass is 393 g/mol. The lowest BCUT2D eigenvalue weighted by molar-refractivity contribution is 0.155. The zero-order valence-corrected chi connectivity index (χ0v) is 18.1. The first-order valence-electron chi connectivity index (χ1n) is 11.2. The number of fused-ring (bicyclic) bond motifs is 1. The SMILES string of the molecule is CCCCCCCCCC(c1ccc(C)cc1-n1nc2ccccc2n1)C(C)O. The molecule has 0 spiro atoms. The van der Waals surface area contributed by atoms with Gasteiger partial charge in [-0.25, -0.2) is 0 Å². The third kappa shape index (κ3) is 5.66. The van der Waals surface area contributed by atoms with E-state index in [0.717, 1.165) is 35.1 Å². The van der Waals surface area contributed by atoms with E-state index in [1.807, 2.05) is 31.2 Å². The van der Waals surface area contributed by atoms with E-state index in [1.54, 1.807) is 4.80 Å². The van der Waals surface area contributed by atoms with Gasteiger partial charge in [-0.1, -0.05) is 76.1 Å². The fourth-order valence-corrected chi connectivity index (χ4v) is 4.09. The number of nitrogens with zero attached hydrogens (tertiary/aromatic N) is 3. The lowest BCUT2D eigenvalue weighted by atomic mass is 9.87. The van der Waals surface area contributed by atoms with E-state index in [2.05, 4.69) is 42.2 Å². The van der Waals surface area contributed by atoms with Crippen LogP contribution in [0.2, 0.25) is 0 Å². The van der Waals surface area contributed by atoms with Crippen molar-refractivity contribution in [2.45, 2.75) is 84.2 Å². The maximum absolute atomic E-state index is 10.6. The van der Waals surface area contributed by atoms with E-state index in [9.17, 15) is 5.11 Å². The van der Waals surface area contributed by atoms with Crippen LogP contribution in [0, 0.1) is 6.92 Å². The van der Waals surface area contributed by atoms with Crippen LogP contribution in [-0.2, 0) is 0 Å². The van der Waals surface area contributed by atoms with Gasteiger partial charge >= 0.3 is 0 Å². The highest BCUT2D eigenvalue weighted by Crippen LogP contribution is 2.31. The van der Waals surface area contributed by atoms with Crippen LogP contribution in [-0.4, -0.2) is 26.2 Å². The van der Waals surface area contributed by atoms with Crippen LogP contribution in [0.25, 0.3) is 16.7 Å². The maximum Gasteiger partial charge on any atom is 0.113 e. The first kappa shape index (κ1) is 21.5. The molecule has 156 valence electrons. The second-order valence-corrected chi connectivity index (χ2v) is 8.30. The first-order valence-corrected chi connectivity index (χ1v) is 11.2. The quantitative estimate of drug-likeness (QED) is 0.387. The van der Waals surface area contributed by atoms with Crippen LogP contribution < -0.4 is 0 Å². The Bertz CT molecular complexity index is 867. The van der Waals surface area contributed by atoms with Crippen LogP contribution >= 0.6 is 0 Å². The molecule has 0 aliphatic carbocycles. The van der Waals surface area contributed by atoms with Crippen LogP contribution in [0.5, 0.6) is 0 Å². The van der Waals surface area contributed by atoms with Crippen molar-refractivity contribution in [2.24, 2.45) is 0 Å². The Hall–Kier alpha value is -2.20. The van der Waals surface area contributed by atoms with Crippen LogP contribution in [0.4, 0.5) is 0 Å². The second kappa shape index (κ2) is 10.5. The molecule has 2 atom stereocenters. The summed E-state index contributed by atoms with van der Waals surface area (Å²) in [6, 6.07) is 14.3. The number of hydrogen-bond donors (Lipinski definition) is 1. The van der Waals surface area contributed by atoms with E-state index in [1.165, 1.54) is 44.1 Å². The molecule has 4 heteroatoms. The fraction of sp³-hybridized carbons (Fsp3) is 0.520. The molecule has 0 saturated heterocycles. The molecule has 0 aliphatic rings. The molecule has 4 nitrogen and oxygen atoms in total. The van der Waals surface area contributed by atoms with Crippen molar-refractivity contribution in [3.05, 3.63) is 53.6 Å². The lowest BCUT2D eigenvalue weighted by Gasteiger charge is -2.23. The standard InChI is InChI=1S/C25H35N3O/c1-4-5-6-7-8-9-10-13-21(20(3)29)22-17-16-19(2)18-25(22)28-26-23-14-11-12-15-24(23)27-28/h11-12,14-18,20-21,29H,4-10,13H2,1-3H3. The fourth-order valence-electron chi connectivity index (χ4n) is 4.09. The summed E-state index contributed by atoms with van der Waals surface area (Å²) in [6.45, 7) is 6.25. The van der Waals surface area contributed by atoms with E-state index >= 15 is 0 Å². The van der Waals surface area contributed by atoms with E-state index in [-0.39, 0.29) is 5.92 Å². The van der Waals surface area contributed by atoms with E-state index < -0.39 is 6.10 Å². The Morgan fingerprint density at radius 1 is 0.897 bits per heavy atom.